The lowest BCUT2D eigenvalue weighted by Crippen LogP contribution is -2.29. The van der Waals surface area contributed by atoms with Gasteiger partial charge in [-0.2, -0.15) is 0 Å². The Morgan fingerprint density at radius 2 is 2.25 bits per heavy atom. The molecule has 2 rings (SSSR count). The van der Waals surface area contributed by atoms with Crippen molar-refractivity contribution in [2.45, 2.75) is 39.2 Å². The topological polar surface area (TPSA) is 81.4 Å². The summed E-state index contributed by atoms with van der Waals surface area (Å²) >= 11 is 1.37. The van der Waals surface area contributed by atoms with Crippen molar-refractivity contribution in [3.05, 3.63) is 16.5 Å². The number of nitrogens with one attached hydrogen (secondary N) is 1. The standard InChI is InChI=1S/C14H20N2O3S/c1-3-19-14(18)10-6-8(2)20-13(10)16-12(17)7-11(15)9-4-5-9/h6,9,11H,3-5,7,15H2,1-2H3,(H,16,17). The molecule has 0 bridgehead atoms. The van der Waals surface area contributed by atoms with Crippen LogP contribution < -0.4 is 11.1 Å². The van der Waals surface area contributed by atoms with Crippen molar-refractivity contribution in [2.75, 3.05) is 11.9 Å². The van der Waals surface area contributed by atoms with Crippen LogP contribution >= 0.6 is 11.3 Å². The Bertz CT molecular complexity index is 509. The van der Waals surface area contributed by atoms with Crippen molar-refractivity contribution in [1.29, 1.82) is 0 Å². The van der Waals surface area contributed by atoms with Gasteiger partial charge in [0.1, 0.15) is 5.00 Å². The van der Waals surface area contributed by atoms with Gasteiger partial charge >= 0.3 is 5.97 Å². The lowest BCUT2D eigenvalue weighted by Gasteiger charge is -2.10. The molecule has 3 N–H and O–H groups in total. The van der Waals surface area contributed by atoms with Gasteiger partial charge in [0, 0.05) is 17.3 Å². The van der Waals surface area contributed by atoms with Crippen LogP contribution in [-0.2, 0) is 9.53 Å². The monoisotopic (exact) mass is 296 g/mol. The Morgan fingerprint density at radius 1 is 1.55 bits per heavy atom. The minimum absolute atomic E-state index is 0.0814. The molecule has 6 heteroatoms. The summed E-state index contributed by atoms with van der Waals surface area (Å²) < 4.78 is 4.98. The minimum atomic E-state index is -0.404. The highest BCUT2D eigenvalue weighted by Gasteiger charge is 2.30. The summed E-state index contributed by atoms with van der Waals surface area (Å²) in [6.07, 6.45) is 2.52. The summed E-state index contributed by atoms with van der Waals surface area (Å²) in [5.74, 6) is -0.0641. The van der Waals surface area contributed by atoms with E-state index in [-0.39, 0.29) is 11.9 Å². The van der Waals surface area contributed by atoms with E-state index in [1.165, 1.54) is 11.3 Å². The van der Waals surface area contributed by atoms with Crippen LogP contribution in [0, 0.1) is 12.8 Å². The molecule has 0 radical (unpaired) electrons. The van der Waals surface area contributed by atoms with Crippen molar-refractivity contribution >= 4 is 28.2 Å². The van der Waals surface area contributed by atoms with Crippen LogP contribution in [0.5, 0.6) is 0 Å². The Labute approximate surface area is 122 Å². The third-order valence-corrected chi connectivity index (χ3v) is 4.22. The normalized spacial score (nSPS) is 15.8. The molecule has 1 saturated carbocycles. The van der Waals surface area contributed by atoms with Crippen LogP contribution in [-0.4, -0.2) is 24.5 Å². The number of thiophene rings is 1. The van der Waals surface area contributed by atoms with E-state index in [9.17, 15) is 9.59 Å². The Hall–Kier alpha value is -1.40. The number of hydrogen-bond acceptors (Lipinski definition) is 5. The number of amides is 1. The summed E-state index contributed by atoms with van der Waals surface area (Å²) in [4.78, 5) is 24.7. The van der Waals surface area contributed by atoms with Crippen LogP contribution in [0.2, 0.25) is 0 Å². The molecule has 1 aliphatic rings. The largest absolute Gasteiger partial charge is 0.462 e. The summed E-state index contributed by atoms with van der Waals surface area (Å²) in [7, 11) is 0. The molecule has 1 unspecified atom stereocenters. The van der Waals surface area contributed by atoms with Gasteiger partial charge in [0.25, 0.3) is 0 Å². The fourth-order valence-electron chi connectivity index (χ4n) is 2.05. The number of rotatable bonds is 6. The van der Waals surface area contributed by atoms with Crippen LogP contribution in [0.4, 0.5) is 5.00 Å². The first-order valence-electron chi connectivity index (χ1n) is 6.84. The van der Waals surface area contributed by atoms with E-state index in [0.717, 1.165) is 17.7 Å². The summed E-state index contributed by atoms with van der Waals surface area (Å²) in [6, 6.07) is 1.65. The maximum absolute atomic E-state index is 12.0. The number of carbonyl (C=O) groups is 2. The fraction of sp³-hybridized carbons (Fsp3) is 0.571. The zero-order valence-electron chi connectivity index (χ0n) is 11.8. The van der Waals surface area contributed by atoms with E-state index < -0.39 is 5.97 Å². The smallest absolute Gasteiger partial charge is 0.341 e. The van der Waals surface area contributed by atoms with Crippen LogP contribution in [0.25, 0.3) is 0 Å². The molecule has 1 fully saturated rings. The quantitative estimate of drug-likeness (QED) is 0.789. The van der Waals surface area contributed by atoms with Crippen LogP contribution in [0.15, 0.2) is 6.07 Å². The van der Waals surface area contributed by atoms with Gasteiger partial charge in [-0.3, -0.25) is 4.79 Å². The lowest BCUT2D eigenvalue weighted by molar-refractivity contribution is -0.116. The molecule has 0 aromatic carbocycles. The van der Waals surface area contributed by atoms with Gasteiger partial charge in [-0.1, -0.05) is 0 Å². The summed E-state index contributed by atoms with van der Waals surface area (Å²) in [5, 5.41) is 3.33. The highest BCUT2D eigenvalue weighted by molar-refractivity contribution is 7.16. The molecule has 20 heavy (non-hydrogen) atoms. The number of anilines is 1. The van der Waals surface area contributed by atoms with Crippen LogP contribution in [0.1, 0.15) is 41.4 Å². The third kappa shape index (κ3) is 3.80. The van der Waals surface area contributed by atoms with Gasteiger partial charge in [-0.15, -0.1) is 11.3 Å². The molecule has 1 heterocycles. The van der Waals surface area contributed by atoms with Gasteiger partial charge in [0.15, 0.2) is 0 Å². The number of aryl methyl sites for hydroxylation is 1. The SMILES string of the molecule is CCOC(=O)c1cc(C)sc1NC(=O)CC(N)C1CC1. The number of ether oxygens (including phenoxy) is 1. The highest BCUT2D eigenvalue weighted by Crippen LogP contribution is 2.33. The first-order chi connectivity index (χ1) is 9.51. The number of hydrogen-bond donors (Lipinski definition) is 2. The predicted molar refractivity (Wildman–Crippen MR) is 79.0 cm³/mol. The molecule has 1 amide bonds. The molecule has 1 aromatic rings. The van der Waals surface area contributed by atoms with Gasteiger partial charge in [-0.25, -0.2) is 4.79 Å². The summed E-state index contributed by atoms with van der Waals surface area (Å²) in [5.41, 5.74) is 6.35. The van der Waals surface area contributed by atoms with E-state index in [1.54, 1.807) is 13.0 Å². The second-order valence-corrected chi connectivity index (χ2v) is 6.33. The average Bonchev–Trinajstić information content (AvgIpc) is 3.14. The highest BCUT2D eigenvalue weighted by atomic mass is 32.1. The van der Waals surface area contributed by atoms with E-state index in [0.29, 0.717) is 29.5 Å². The summed E-state index contributed by atoms with van der Waals surface area (Å²) in [6.45, 7) is 3.96. The molecule has 0 saturated heterocycles. The molecule has 1 aliphatic carbocycles. The van der Waals surface area contributed by atoms with Gasteiger partial charge in [-0.05, 0) is 38.7 Å². The van der Waals surface area contributed by atoms with E-state index in [1.807, 2.05) is 6.92 Å². The molecular weight excluding hydrogens is 276 g/mol. The van der Waals surface area contributed by atoms with Gasteiger partial charge in [0.05, 0.1) is 12.2 Å². The van der Waals surface area contributed by atoms with Crippen molar-refractivity contribution in [3.8, 4) is 0 Å². The molecular formula is C14H20N2O3S. The second kappa shape index (κ2) is 6.37. The zero-order valence-corrected chi connectivity index (χ0v) is 12.6. The number of carbonyl (C=O) groups excluding carboxylic acids is 2. The fourth-order valence-corrected chi connectivity index (χ4v) is 2.97. The van der Waals surface area contributed by atoms with Crippen molar-refractivity contribution in [2.24, 2.45) is 11.7 Å². The van der Waals surface area contributed by atoms with Crippen molar-refractivity contribution in [1.82, 2.24) is 0 Å². The lowest BCUT2D eigenvalue weighted by atomic mass is 10.1. The Morgan fingerprint density at radius 3 is 2.85 bits per heavy atom. The maximum Gasteiger partial charge on any atom is 0.341 e. The first kappa shape index (κ1) is 15.0. The van der Waals surface area contributed by atoms with Gasteiger partial charge in [0.2, 0.25) is 5.91 Å². The Balaban J connectivity index is 2.00. The van der Waals surface area contributed by atoms with E-state index >= 15 is 0 Å². The zero-order chi connectivity index (χ0) is 14.7. The molecule has 5 nitrogen and oxygen atoms in total. The average molecular weight is 296 g/mol. The number of nitrogens with two attached hydrogens (primary N) is 1. The number of esters is 1. The molecule has 1 atom stereocenters. The molecule has 0 spiro atoms. The first-order valence-corrected chi connectivity index (χ1v) is 7.66. The molecule has 1 aromatic heterocycles. The molecule has 0 aliphatic heterocycles. The second-order valence-electron chi connectivity index (χ2n) is 5.07. The van der Waals surface area contributed by atoms with Crippen molar-refractivity contribution in [3.63, 3.8) is 0 Å². The van der Waals surface area contributed by atoms with E-state index in [4.69, 9.17) is 10.5 Å². The van der Waals surface area contributed by atoms with Gasteiger partial charge < -0.3 is 15.8 Å². The van der Waals surface area contributed by atoms with Crippen molar-refractivity contribution < 1.29 is 14.3 Å². The minimum Gasteiger partial charge on any atom is -0.462 e. The predicted octanol–water partition coefficient (Wildman–Crippen LogP) is 2.30. The Kier molecular flexibility index (Phi) is 4.77. The maximum atomic E-state index is 12.0. The van der Waals surface area contributed by atoms with E-state index in [2.05, 4.69) is 5.32 Å². The molecule has 110 valence electrons. The van der Waals surface area contributed by atoms with Crippen LogP contribution in [0.3, 0.4) is 0 Å². The third-order valence-electron chi connectivity index (χ3n) is 3.25.